The van der Waals surface area contributed by atoms with Crippen LogP contribution < -0.4 is 5.32 Å². The van der Waals surface area contributed by atoms with Gasteiger partial charge in [-0.25, -0.2) is 4.79 Å². The Morgan fingerprint density at radius 3 is 2.45 bits per heavy atom. The fraction of sp³-hybridized carbons (Fsp3) is 0.188. The molecule has 20 heavy (non-hydrogen) atoms. The second kappa shape index (κ2) is 7.22. The Labute approximate surface area is 126 Å². The molecule has 0 saturated carbocycles. The van der Waals surface area contributed by atoms with E-state index in [9.17, 15) is 4.79 Å². The highest BCUT2D eigenvalue weighted by atomic mass is 79.9. The first-order chi connectivity index (χ1) is 9.66. The van der Waals surface area contributed by atoms with Gasteiger partial charge in [-0.15, -0.1) is 0 Å². The van der Waals surface area contributed by atoms with E-state index in [0.717, 1.165) is 29.5 Å². The zero-order chi connectivity index (χ0) is 14.4. The molecule has 2 aromatic rings. The first-order valence-corrected chi connectivity index (χ1v) is 7.22. The Bertz CT molecular complexity index is 581. The molecule has 0 radical (unpaired) electrons. The van der Waals surface area contributed by atoms with Gasteiger partial charge in [0.05, 0.1) is 5.56 Å². The number of carboxylic acids is 1. The molecule has 2 aromatic carbocycles. The largest absolute Gasteiger partial charge is 0.478 e. The molecule has 0 atom stereocenters. The zero-order valence-corrected chi connectivity index (χ0v) is 12.6. The van der Waals surface area contributed by atoms with Crippen LogP contribution in [0.25, 0.3) is 0 Å². The van der Waals surface area contributed by atoms with Crippen LogP contribution in [0.3, 0.4) is 0 Å². The second-order valence-corrected chi connectivity index (χ2v) is 5.37. The summed E-state index contributed by atoms with van der Waals surface area (Å²) in [4.78, 5) is 10.7. The number of halogens is 1. The Kier molecular flexibility index (Phi) is 5.32. The molecule has 0 fully saturated rings. The number of carbonyl (C=O) groups is 1. The van der Waals surface area contributed by atoms with Crippen molar-refractivity contribution in [3.63, 3.8) is 0 Å². The summed E-state index contributed by atoms with van der Waals surface area (Å²) in [5.41, 5.74) is 2.69. The molecule has 4 heteroatoms. The van der Waals surface area contributed by atoms with Crippen molar-refractivity contribution in [2.24, 2.45) is 0 Å². The Hall–Kier alpha value is -1.65. The minimum absolute atomic E-state index is 0.321. The van der Waals surface area contributed by atoms with Crippen molar-refractivity contribution in [3.05, 3.63) is 69.7 Å². The van der Waals surface area contributed by atoms with Crippen LogP contribution >= 0.6 is 15.9 Å². The molecule has 0 spiro atoms. The highest BCUT2D eigenvalue weighted by molar-refractivity contribution is 9.10. The van der Waals surface area contributed by atoms with Crippen LogP contribution in [0.5, 0.6) is 0 Å². The van der Waals surface area contributed by atoms with Crippen molar-refractivity contribution in [3.8, 4) is 0 Å². The quantitative estimate of drug-likeness (QED) is 0.795. The SMILES string of the molecule is O=C(O)c1ccc(CNCCc2ccccc2Br)cc1. The van der Waals surface area contributed by atoms with Crippen LogP contribution in [0.1, 0.15) is 21.5 Å². The Morgan fingerprint density at radius 2 is 1.80 bits per heavy atom. The Balaban J connectivity index is 1.79. The van der Waals surface area contributed by atoms with E-state index in [1.54, 1.807) is 12.1 Å². The maximum atomic E-state index is 10.7. The number of benzene rings is 2. The lowest BCUT2D eigenvalue weighted by molar-refractivity contribution is 0.0697. The number of aromatic carboxylic acids is 1. The number of hydrogen-bond acceptors (Lipinski definition) is 2. The molecule has 0 heterocycles. The fourth-order valence-electron chi connectivity index (χ4n) is 1.92. The maximum Gasteiger partial charge on any atom is 0.335 e. The smallest absolute Gasteiger partial charge is 0.335 e. The summed E-state index contributed by atoms with van der Waals surface area (Å²) in [7, 11) is 0. The van der Waals surface area contributed by atoms with Crippen LogP contribution in [0.15, 0.2) is 53.0 Å². The molecular formula is C16H16BrNO2. The number of carboxylic acid groups (broad SMARTS) is 1. The molecule has 0 bridgehead atoms. The van der Waals surface area contributed by atoms with E-state index in [1.165, 1.54) is 5.56 Å². The Morgan fingerprint density at radius 1 is 1.10 bits per heavy atom. The van der Waals surface area contributed by atoms with Crippen LogP contribution in [0.4, 0.5) is 0 Å². The molecule has 0 aromatic heterocycles. The maximum absolute atomic E-state index is 10.7. The van der Waals surface area contributed by atoms with Crippen molar-refractivity contribution >= 4 is 21.9 Å². The summed E-state index contributed by atoms with van der Waals surface area (Å²) in [5, 5.41) is 12.2. The lowest BCUT2D eigenvalue weighted by Crippen LogP contribution is -2.16. The summed E-state index contributed by atoms with van der Waals surface area (Å²) in [6.07, 6.45) is 0.953. The van der Waals surface area contributed by atoms with Gasteiger partial charge in [0.15, 0.2) is 0 Å². The van der Waals surface area contributed by atoms with Crippen molar-refractivity contribution < 1.29 is 9.90 Å². The van der Waals surface area contributed by atoms with Crippen molar-refractivity contribution in [2.45, 2.75) is 13.0 Å². The zero-order valence-electron chi connectivity index (χ0n) is 11.0. The summed E-state index contributed by atoms with van der Waals surface area (Å²) in [6, 6.07) is 15.1. The topological polar surface area (TPSA) is 49.3 Å². The third-order valence-corrected chi connectivity index (χ3v) is 3.83. The van der Waals surface area contributed by atoms with E-state index in [4.69, 9.17) is 5.11 Å². The van der Waals surface area contributed by atoms with E-state index in [-0.39, 0.29) is 0 Å². The molecular weight excluding hydrogens is 318 g/mol. The van der Waals surface area contributed by atoms with E-state index in [1.807, 2.05) is 30.3 Å². The number of nitrogens with one attached hydrogen (secondary N) is 1. The lowest BCUT2D eigenvalue weighted by atomic mass is 10.1. The number of hydrogen-bond donors (Lipinski definition) is 2. The molecule has 0 aliphatic heterocycles. The van der Waals surface area contributed by atoms with Gasteiger partial charge < -0.3 is 10.4 Å². The molecule has 0 aliphatic rings. The molecule has 104 valence electrons. The lowest BCUT2D eigenvalue weighted by Gasteiger charge is -2.07. The van der Waals surface area contributed by atoms with E-state index in [2.05, 4.69) is 27.3 Å². The molecule has 3 nitrogen and oxygen atoms in total. The van der Waals surface area contributed by atoms with Gasteiger partial charge in [-0.1, -0.05) is 46.3 Å². The predicted octanol–water partition coefficient (Wildman–Crippen LogP) is 3.48. The van der Waals surface area contributed by atoms with Crippen LogP contribution in [-0.4, -0.2) is 17.6 Å². The predicted molar refractivity (Wildman–Crippen MR) is 83.0 cm³/mol. The minimum Gasteiger partial charge on any atom is -0.478 e. The fourth-order valence-corrected chi connectivity index (χ4v) is 2.41. The van der Waals surface area contributed by atoms with Gasteiger partial charge in [0.2, 0.25) is 0 Å². The standard InChI is InChI=1S/C16H16BrNO2/c17-15-4-2-1-3-13(15)9-10-18-11-12-5-7-14(8-6-12)16(19)20/h1-8,18H,9-11H2,(H,19,20). The van der Waals surface area contributed by atoms with Crippen LogP contribution in [-0.2, 0) is 13.0 Å². The first-order valence-electron chi connectivity index (χ1n) is 6.43. The molecule has 0 unspecified atom stereocenters. The van der Waals surface area contributed by atoms with Crippen LogP contribution in [0.2, 0.25) is 0 Å². The van der Waals surface area contributed by atoms with Gasteiger partial charge >= 0.3 is 5.97 Å². The average molecular weight is 334 g/mol. The molecule has 2 rings (SSSR count). The summed E-state index contributed by atoms with van der Waals surface area (Å²) < 4.78 is 1.13. The van der Waals surface area contributed by atoms with Crippen molar-refractivity contribution in [1.82, 2.24) is 5.32 Å². The molecule has 0 aliphatic carbocycles. The van der Waals surface area contributed by atoms with Crippen molar-refractivity contribution in [2.75, 3.05) is 6.54 Å². The highest BCUT2D eigenvalue weighted by Crippen LogP contribution is 2.15. The van der Waals surface area contributed by atoms with Crippen LogP contribution in [0, 0.1) is 0 Å². The van der Waals surface area contributed by atoms with Gasteiger partial charge in [-0.05, 0) is 42.3 Å². The monoisotopic (exact) mass is 333 g/mol. The highest BCUT2D eigenvalue weighted by Gasteiger charge is 2.02. The third-order valence-electron chi connectivity index (χ3n) is 3.06. The molecule has 2 N–H and O–H groups in total. The first kappa shape index (κ1) is 14.8. The van der Waals surface area contributed by atoms with Gasteiger partial charge in [-0.2, -0.15) is 0 Å². The normalized spacial score (nSPS) is 10.4. The summed E-state index contributed by atoms with van der Waals surface area (Å²) in [5.74, 6) is -0.890. The third kappa shape index (κ3) is 4.18. The minimum atomic E-state index is -0.890. The average Bonchev–Trinajstić information content (AvgIpc) is 2.46. The molecule has 0 saturated heterocycles. The van der Waals surface area contributed by atoms with Gasteiger partial charge in [0.1, 0.15) is 0 Å². The molecule has 0 amide bonds. The van der Waals surface area contributed by atoms with Crippen molar-refractivity contribution in [1.29, 1.82) is 0 Å². The van der Waals surface area contributed by atoms with Gasteiger partial charge in [0, 0.05) is 11.0 Å². The number of rotatable bonds is 6. The summed E-state index contributed by atoms with van der Waals surface area (Å²) >= 11 is 3.53. The van der Waals surface area contributed by atoms with Gasteiger partial charge in [-0.3, -0.25) is 0 Å². The van der Waals surface area contributed by atoms with E-state index >= 15 is 0 Å². The summed E-state index contributed by atoms with van der Waals surface area (Å²) in [6.45, 7) is 1.62. The second-order valence-electron chi connectivity index (χ2n) is 4.52. The van der Waals surface area contributed by atoms with E-state index in [0.29, 0.717) is 5.56 Å². The van der Waals surface area contributed by atoms with E-state index < -0.39 is 5.97 Å². The van der Waals surface area contributed by atoms with Gasteiger partial charge in [0.25, 0.3) is 0 Å².